The van der Waals surface area contributed by atoms with Crippen molar-refractivity contribution in [3.8, 4) is 0 Å². The van der Waals surface area contributed by atoms with E-state index in [1.54, 1.807) is 4.90 Å². The van der Waals surface area contributed by atoms with Crippen LogP contribution in [0.3, 0.4) is 0 Å². The van der Waals surface area contributed by atoms with Gasteiger partial charge in [-0.05, 0) is 50.5 Å². The number of rotatable bonds is 6. The number of benzene rings is 2. The number of ether oxygens (including phenoxy) is 1. The van der Waals surface area contributed by atoms with Crippen molar-refractivity contribution in [1.29, 1.82) is 0 Å². The molecule has 144 valence electrons. The molecule has 5 nitrogen and oxygen atoms in total. The van der Waals surface area contributed by atoms with Crippen molar-refractivity contribution < 1.29 is 9.53 Å². The number of carbonyl (C=O) groups excluding carboxylic acids is 1. The fourth-order valence-electron chi connectivity index (χ4n) is 2.87. The topological polar surface area (TPSA) is 67.9 Å². The molecule has 0 amide bonds. The number of esters is 1. The third kappa shape index (κ3) is 5.58. The van der Waals surface area contributed by atoms with Gasteiger partial charge < -0.3 is 10.5 Å². The van der Waals surface area contributed by atoms with Crippen LogP contribution in [0.1, 0.15) is 31.4 Å². The van der Waals surface area contributed by atoms with Gasteiger partial charge in [0.25, 0.3) is 0 Å². The Morgan fingerprint density at radius 1 is 1.04 bits per heavy atom. The lowest BCUT2D eigenvalue weighted by atomic mass is 10.0. The van der Waals surface area contributed by atoms with Crippen LogP contribution >= 0.6 is 0 Å². The number of carbonyl (C=O) groups is 1. The van der Waals surface area contributed by atoms with Crippen molar-refractivity contribution in [1.82, 2.24) is 0 Å². The van der Waals surface area contributed by atoms with E-state index in [2.05, 4.69) is 18.8 Å². The summed E-state index contributed by atoms with van der Waals surface area (Å²) in [5.74, 6) is 0.222. The highest BCUT2D eigenvalue weighted by atomic mass is 16.5. The van der Waals surface area contributed by atoms with Crippen LogP contribution in [0, 0.1) is 19.8 Å². The molecule has 0 fully saturated rings. The molecule has 0 heterocycles. The zero-order valence-electron chi connectivity index (χ0n) is 16.8. The van der Waals surface area contributed by atoms with Gasteiger partial charge >= 0.3 is 5.97 Å². The average molecular weight is 367 g/mol. The SMILES string of the molecule is COC(=O)C(CC(C)C)N(C(N)=Nc1ccc(C)cc1)c1ccc(C)cc1. The Bertz CT molecular complexity index is 780. The predicted octanol–water partition coefficient (Wildman–Crippen LogP) is 4.34. The number of nitrogens with zero attached hydrogens (tertiary/aromatic N) is 2. The van der Waals surface area contributed by atoms with E-state index < -0.39 is 6.04 Å². The molecule has 0 radical (unpaired) electrons. The van der Waals surface area contributed by atoms with E-state index >= 15 is 0 Å². The number of aliphatic imine (C=N–C) groups is 1. The quantitative estimate of drug-likeness (QED) is 0.468. The van der Waals surface area contributed by atoms with Gasteiger partial charge in [0, 0.05) is 5.69 Å². The van der Waals surface area contributed by atoms with Crippen molar-refractivity contribution in [3.63, 3.8) is 0 Å². The van der Waals surface area contributed by atoms with Crippen LogP contribution in [0.4, 0.5) is 11.4 Å². The summed E-state index contributed by atoms with van der Waals surface area (Å²) in [5.41, 5.74) is 10.2. The maximum atomic E-state index is 12.6. The first kappa shape index (κ1) is 20.5. The Labute approximate surface area is 161 Å². The smallest absolute Gasteiger partial charge is 0.328 e. The summed E-state index contributed by atoms with van der Waals surface area (Å²) in [6, 6.07) is 15.1. The average Bonchev–Trinajstić information content (AvgIpc) is 2.63. The number of methoxy groups -OCH3 is 1. The summed E-state index contributed by atoms with van der Waals surface area (Å²) in [4.78, 5) is 18.9. The molecule has 0 spiro atoms. The van der Waals surface area contributed by atoms with Gasteiger partial charge in [-0.2, -0.15) is 0 Å². The van der Waals surface area contributed by atoms with Crippen LogP contribution in [-0.2, 0) is 9.53 Å². The van der Waals surface area contributed by atoms with Crippen LogP contribution in [-0.4, -0.2) is 25.1 Å². The van der Waals surface area contributed by atoms with Gasteiger partial charge in [0.2, 0.25) is 5.96 Å². The Morgan fingerprint density at radius 2 is 1.56 bits per heavy atom. The van der Waals surface area contributed by atoms with Crippen molar-refractivity contribution in [2.24, 2.45) is 16.6 Å². The summed E-state index contributed by atoms with van der Waals surface area (Å²) in [5, 5.41) is 0. The molecule has 27 heavy (non-hydrogen) atoms. The molecule has 0 saturated carbocycles. The molecule has 2 aromatic carbocycles. The Hall–Kier alpha value is -2.82. The number of hydrogen-bond acceptors (Lipinski definition) is 3. The number of nitrogens with two attached hydrogens (primary N) is 1. The highest BCUT2D eigenvalue weighted by Gasteiger charge is 2.30. The molecule has 0 aliphatic rings. The number of anilines is 1. The molecule has 2 rings (SSSR count). The molecule has 0 aromatic heterocycles. The maximum Gasteiger partial charge on any atom is 0.328 e. The highest BCUT2D eigenvalue weighted by Crippen LogP contribution is 2.24. The third-order valence-electron chi connectivity index (χ3n) is 4.32. The van der Waals surface area contributed by atoms with Gasteiger partial charge in [-0.25, -0.2) is 9.79 Å². The lowest BCUT2D eigenvalue weighted by Crippen LogP contribution is -2.50. The minimum Gasteiger partial charge on any atom is -0.467 e. The summed E-state index contributed by atoms with van der Waals surface area (Å²) in [6.45, 7) is 8.17. The lowest BCUT2D eigenvalue weighted by Gasteiger charge is -2.32. The van der Waals surface area contributed by atoms with Gasteiger partial charge in [0.05, 0.1) is 12.8 Å². The van der Waals surface area contributed by atoms with Crippen LogP contribution < -0.4 is 10.6 Å². The Balaban J connectivity index is 2.51. The van der Waals surface area contributed by atoms with Gasteiger partial charge in [-0.15, -0.1) is 0 Å². The highest BCUT2D eigenvalue weighted by molar-refractivity contribution is 6.01. The normalized spacial score (nSPS) is 12.7. The number of hydrogen-bond donors (Lipinski definition) is 1. The standard InChI is InChI=1S/C22H29N3O2/c1-15(2)14-20(21(26)27-5)25(19-12-8-17(4)9-13-19)22(23)24-18-10-6-16(3)7-11-18/h6-13,15,20H,14H2,1-5H3,(H2,23,24). The first-order chi connectivity index (χ1) is 12.8. The van der Waals surface area contributed by atoms with Crippen LogP contribution in [0.5, 0.6) is 0 Å². The maximum absolute atomic E-state index is 12.6. The summed E-state index contributed by atoms with van der Waals surface area (Å²) in [6.07, 6.45) is 0.602. The largest absolute Gasteiger partial charge is 0.467 e. The van der Waals surface area contributed by atoms with E-state index in [0.29, 0.717) is 6.42 Å². The molecule has 0 bridgehead atoms. The molecule has 2 N–H and O–H groups in total. The number of guanidine groups is 1. The molecule has 1 atom stereocenters. The summed E-state index contributed by atoms with van der Waals surface area (Å²) >= 11 is 0. The number of aryl methyl sites for hydroxylation is 2. The zero-order chi connectivity index (χ0) is 20.0. The molecule has 1 unspecified atom stereocenters. The van der Waals surface area contributed by atoms with Crippen molar-refractivity contribution in [2.45, 2.75) is 40.2 Å². The second-order valence-corrected chi connectivity index (χ2v) is 7.18. The monoisotopic (exact) mass is 367 g/mol. The van der Waals surface area contributed by atoms with E-state index in [9.17, 15) is 4.79 Å². The Morgan fingerprint density at radius 3 is 2.04 bits per heavy atom. The van der Waals surface area contributed by atoms with Gasteiger partial charge in [0.1, 0.15) is 6.04 Å². The van der Waals surface area contributed by atoms with Crippen molar-refractivity contribution >= 4 is 23.3 Å². The van der Waals surface area contributed by atoms with E-state index in [1.165, 1.54) is 7.11 Å². The second kappa shape index (κ2) is 9.21. The lowest BCUT2D eigenvalue weighted by molar-refractivity contribution is -0.142. The van der Waals surface area contributed by atoms with E-state index in [1.807, 2.05) is 62.4 Å². The van der Waals surface area contributed by atoms with E-state index in [4.69, 9.17) is 10.5 Å². The van der Waals surface area contributed by atoms with E-state index in [-0.39, 0.29) is 17.8 Å². The minimum atomic E-state index is -0.549. The second-order valence-electron chi connectivity index (χ2n) is 7.18. The summed E-state index contributed by atoms with van der Waals surface area (Å²) < 4.78 is 5.06. The molecule has 5 heteroatoms. The van der Waals surface area contributed by atoms with Crippen LogP contribution in [0.15, 0.2) is 53.5 Å². The predicted molar refractivity (Wildman–Crippen MR) is 111 cm³/mol. The molecule has 0 aliphatic heterocycles. The first-order valence-electron chi connectivity index (χ1n) is 9.16. The minimum absolute atomic E-state index is 0.263. The van der Waals surface area contributed by atoms with Crippen LogP contribution in [0.25, 0.3) is 0 Å². The van der Waals surface area contributed by atoms with Gasteiger partial charge in [-0.1, -0.05) is 49.2 Å². The fourth-order valence-corrected chi connectivity index (χ4v) is 2.87. The molecular formula is C22H29N3O2. The third-order valence-corrected chi connectivity index (χ3v) is 4.32. The molecule has 2 aromatic rings. The van der Waals surface area contributed by atoms with Gasteiger partial charge in [-0.3, -0.25) is 4.90 Å². The van der Waals surface area contributed by atoms with Crippen molar-refractivity contribution in [3.05, 3.63) is 59.7 Å². The zero-order valence-corrected chi connectivity index (χ0v) is 16.8. The van der Waals surface area contributed by atoms with E-state index in [0.717, 1.165) is 22.5 Å². The fraction of sp³-hybridized carbons (Fsp3) is 0.364. The first-order valence-corrected chi connectivity index (χ1v) is 9.16. The summed E-state index contributed by atoms with van der Waals surface area (Å²) in [7, 11) is 1.40. The molecule has 0 saturated heterocycles. The van der Waals surface area contributed by atoms with Gasteiger partial charge in [0.15, 0.2) is 0 Å². The molecule has 0 aliphatic carbocycles. The van der Waals surface area contributed by atoms with Crippen LogP contribution in [0.2, 0.25) is 0 Å². The molecular weight excluding hydrogens is 338 g/mol. The Kier molecular flexibility index (Phi) is 6.99. The van der Waals surface area contributed by atoms with Crippen molar-refractivity contribution in [2.75, 3.05) is 12.0 Å².